The predicted molar refractivity (Wildman–Crippen MR) is 118 cm³/mol. The Kier molecular flexibility index (Phi) is 6.04. The van der Waals surface area contributed by atoms with Gasteiger partial charge >= 0.3 is 0 Å². The molecule has 0 spiro atoms. The molecule has 3 rings (SSSR count). The maximum absolute atomic E-state index is 5.36. The van der Waals surface area contributed by atoms with E-state index in [2.05, 4.69) is 83.8 Å². The molecule has 138 valence electrons. The molecular weight excluding hydrogens is 352 g/mol. The zero-order chi connectivity index (χ0) is 19.2. The van der Waals surface area contributed by atoms with Crippen LogP contribution in [0.2, 0.25) is 0 Å². The molecule has 0 amide bonds. The quantitative estimate of drug-likeness (QED) is 0.382. The first kappa shape index (κ1) is 18.9. The second-order valence-electron chi connectivity index (χ2n) is 6.58. The van der Waals surface area contributed by atoms with Gasteiger partial charge in [0.2, 0.25) is 0 Å². The summed E-state index contributed by atoms with van der Waals surface area (Å²) in [5, 5.41) is 7.99. The fraction of sp³-hybridized carbons (Fsp3) is 0.182. The third-order valence-electron chi connectivity index (χ3n) is 4.55. The third-order valence-corrected chi connectivity index (χ3v) is 4.74. The van der Waals surface area contributed by atoms with Crippen LogP contribution in [0, 0.1) is 20.8 Å². The van der Waals surface area contributed by atoms with Crippen molar-refractivity contribution in [3.63, 3.8) is 0 Å². The fourth-order valence-electron chi connectivity index (χ4n) is 2.97. The number of aryl methyl sites for hydroxylation is 3. The van der Waals surface area contributed by atoms with Crippen LogP contribution in [0.3, 0.4) is 0 Å². The minimum atomic E-state index is 0.473. The molecule has 5 heteroatoms. The first-order valence-corrected chi connectivity index (χ1v) is 9.31. The highest BCUT2D eigenvalue weighted by Gasteiger charge is 2.04. The summed E-state index contributed by atoms with van der Waals surface area (Å²) < 4.78 is 2.16. The van der Waals surface area contributed by atoms with E-state index in [-0.39, 0.29) is 0 Å². The van der Waals surface area contributed by atoms with Crippen LogP contribution in [0.25, 0.3) is 0 Å². The van der Waals surface area contributed by atoms with E-state index >= 15 is 0 Å². The second-order valence-corrected chi connectivity index (χ2v) is 6.99. The van der Waals surface area contributed by atoms with Crippen LogP contribution in [0.1, 0.15) is 27.9 Å². The highest BCUT2D eigenvalue weighted by Crippen LogP contribution is 2.19. The Morgan fingerprint density at radius 3 is 2.41 bits per heavy atom. The zero-order valence-corrected chi connectivity index (χ0v) is 16.7. The second kappa shape index (κ2) is 8.64. The number of rotatable bonds is 5. The van der Waals surface area contributed by atoms with Crippen molar-refractivity contribution in [2.45, 2.75) is 27.3 Å². The van der Waals surface area contributed by atoms with Gasteiger partial charge in [-0.2, -0.15) is 5.10 Å². The lowest BCUT2D eigenvalue weighted by Crippen LogP contribution is -2.24. The molecule has 2 N–H and O–H groups in total. The Hall–Kier alpha value is -2.92. The molecule has 0 fully saturated rings. The van der Waals surface area contributed by atoms with Crippen molar-refractivity contribution < 1.29 is 0 Å². The first-order valence-electron chi connectivity index (χ1n) is 8.90. The van der Waals surface area contributed by atoms with E-state index in [0.29, 0.717) is 5.11 Å². The van der Waals surface area contributed by atoms with E-state index in [9.17, 15) is 0 Å². The Balaban J connectivity index is 1.63. The topological polar surface area (TPSA) is 41.4 Å². The van der Waals surface area contributed by atoms with Crippen LogP contribution >= 0.6 is 12.2 Å². The van der Waals surface area contributed by atoms with E-state index in [0.717, 1.165) is 29.1 Å². The summed E-state index contributed by atoms with van der Waals surface area (Å²) in [6.45, 7) is 7.05. The van der Waals surface area contributed by atoms with Gasteiger partial charge in [0.1, 0.15) is 0 Å². The molecule has 0 atom stereocenters. The van der Waals surface area contributed by atoms with E-state index < -0.39 is 0 Å². The summed E-state index contributed by atoms with van der Waals surface area (Å²) in [4.78, 5) is 0. The molecule has 0 aliphatic carbocycles. The number of nitrogens with one attached hydrogen (secondary N) is 2. The van der Waals surface area contributed by atoms with Gasteiger partial charge in [0.15, 0.2) is 5.11 Å². The smallest absolute Gasteiger partial charge is 0.191 e. The van der Waals surface area contributed by atoms with Gasteiger partial charge in [0.05, 0.1) is 11.9 Å². The van der Waals surface area contributed by atoms with Crippen LogP contribution in [0.15, 0.2) is 65.9 Å². The van der Waals surface area contributed by atoms with Crippen molar-refractivity contribution in [3.8, 4) is 0 Å². The van der Waals surface area contributed by atoms with Crippen LogP contribution in [-0.4, -0.2) is 15.9 Å². The summed E-state index contributed by atoms with van der Waals surface area (Å²) in [5.41, 5.74) is 9.81. The minimum absolute atomic E-state index is 0.473. The summed E-state index contributed by atoms with van der Waals surface area (Å²) in [5.74, 6) is 0. The Bertz CT molecular complexity index is 952. The summed E-state index contributed by atoms with van der Waals surface area (Å²) in [6.07, 6.45) is 3.85. The van der Waals surface area contributed by atoms with Gasteiger partial charge in [-0.15, -0.1) is 0 Å². The number of hydrogen-bond donors (Lipinski definition) is 2. The largest absolute Gasteiger partial charge is 0.342 e. The average Bonchev–Trinajstić information content (AvgIpc) is 3.07. The number of aromatic nitrogens is 1. The molecule has 0 unspecified atom stereocenters. The van der Waals surface area contributed by atoms with Crippen molar-refractivity contribution >= 4 is 29.2 Å². The molecule has 2 aromatic carbocycles. The van der Waals surface area contributed by atoms with Gasteiger partial charge in [0.25, 0.3) is 0 Å². The van der Waals surface area contributed by atoms with Gasteiger partial charge in [-0.05, 0) is 67.4 Å². The van der Waals surface area contributed by atoms with Gasteiger partial charge in [0, 0.05) is 18.4 Å². The molecular formula is C22H24N4S. The van der Waals surface area contributed by atoms with Crippen molar-refractivity contribution in [3.05, 3.63) is 88.7 Å². The lowest BCUT2D eigenvalue weighted by molar-refractivity contribution is 0.793. The van der Waals surface area contributed by atoms with E-state index in [1.165, 1.54) is 11.1 Å². The Labute approximate surface area is 165 Å². The Morgan fingerprint density at radius 2 is 1.67 bits per heavy atom. The van der Waals surface area contributed by atoms with E-state index in [4.69, 9.17) is 12.2 Å². The van der Waals surface area contributed by atoms with Crippen molar-refractivity contribution in [2.24, 2.45) is 5.10 Å². The molecule has 1 heterocycles. The highest BCUT2D eigenvalue weighted by atomic mass is 32.1. The Morgan fingerprint density at radius 1 is 0.963 bits per heavy atom. The lowest BCUT2D eigenvalue weighted by atomic mass is 10.1. The monoisotopic (exact) mass is 376 g/mol. The molecule has 0 saturated carbocycles. The highest BCUT2D eigenvalue weighted by molar-refractivity contribution is 7.80. The number of hydrazone groups is 1. The predicted octanol–water partition coefficient (Wildman–Crippen LogP) is 4.78. The maximum Gasteiger partial charge on any atom is 0.191 e. The van der Waals surface area contributed by atoms with Gasteiger partial charge in [-0.1, -0.05) is 42.5 Å². The van der Waals surface area contributed by atoms with Crippen LogP contribution in [0.5, 0.6) is 0 Å². The molecule has 0 aliphatic heterocycles. The number of hydrogen-bond acceptors (Lipinski definition) is 2. The standard InChI is InChI=1S/C22H24N4S/c1-16-8-4-5-11-19(16)15-26-13-7-12-20(26)14-23-25-22(27)24-21-17(2)9-6-10-18(21)3/h4-14H,15H2,1-3H3,(H2,24,25,27)/b23-14+. The summed E-state index contributed by atoms with van der Waals surface area (Å²) in [6, 6.07) is 18.6. The maximum atomic E-state index is 5.36. The molecule has 0 aliphatic rings. The normalized spacial score (nSPS) is 10.9. The molecule has 0 bridgehead atoms. The minimum Gasteiger partial charge on any atom is -0.342 e. The summed E-state index contributed by atoms with van der Waals surface area (Å²) in [7, 11) is 0. The van der Waals surface area contributed by atoms with Crippen molar-refractivity contribution in [1.29, 1.82) is 0 Å². The van der Waals surface area contributed by atoms with E-state index in [1.54, 1.807) is 6.21 Å². The number of para-hydroxylation sites is 1. The zero-order valence-electron chi connectivity index (χ0n) is 15.9. The molecule has 0 radical (unpaired) electrons. The molecule has 27 heavy (non-hydrogen) atoms. The number of benzene rings is 2. The fourth-order valence-corrected chi connectivity index (χ4v) is 3.12. The molecule has 4 nitrogen and oxygen atoms in total. The molecule has 1 aromatic heterocycles. The molecule has 3 aromatic rings. The lowest BCUT2D eigenvalue weighted by Gasteiger charge is -2.12. The van der Waals surface area contributed by atoms with Gasteiger partial charge < -0.3 is 9.88 Å². The first-order chi connectivity index (χ1) is 13.0. The van der Waals surface area contributed by atoms with Crippen molar-refractivity contribution in [2.75, 3.05) is 5.32 Å². The average molecular weight is 377 g/mol. The number of thiocarbonyl (C=S) groups is 1. The van der Waals surface area contributed by atoms with Crippen LogP contribution < -0.4 is 10.7 Å². The van der Waals surface area contributed by atoms with Crippen LogP contribution in [-0.2, 0) is 6.54 Å². The van der Waals surface area contributed by atoms with Gasteiger partial charge in [-0.3, -0.25) is 5.43 Å². The van der Waals surface area contributed by atoms with E-state index in [1.807, 2.05) is 18.2 Å². The van der Waals surface area contributed by atoms with Crippen LogP contribution in [0.4, 0.5) is 5.69 Å². The van der Waals surface area contributed by atoms with Crippen molar-refractivity contribution in [1.82, 2.24) is 9.99 Å². The number of nitrogens with zero attached hydrogens (tertiary/aromatic N) is 2. The third kappa shape index (κ3) is 4.83. The SMILES string of the molecule is Cc1ccccc1Cn1cccc1/C=N/NC(=S)Nc1c(C)cccc1C. The van der Waals surface area contributed by atoms with Gasteiger partial charge in [-0.25, -0.2) is 0 Å². The molecule has 0 saturated heterocycles. The summed E-state index contributed by atoms with van der Waals surface area (Å²) >= 11 is 5.36. The number of anilines is 1.